The quantitative estimate of drug-likeness (QED) is 0.600. The highest BCUT2D eigenvalue weighted by Gasteiger charge is 2.17. The van der Waals surface area contributed by atoms with Gasteiger partial charge >= 0.3 is 0 Å². The fourth-order valence-corrected chi connectivity index (χ4v) is 3.03. The summed E-state index contributed by atoms with van der Waals surface area (Å²) in [4.78, 5) is 15.7. The van der Waals surface area contributed by atoms with Gasteiger partial charge in [-0.3, -0.25) is 4.79 Å². The van der Waals surface area contributed by atoms with Crippen molar-refractivity contribution in [3.63, 3.8) is 0 Å². The number of benzene rings is 2. The molecule has 2 aromatic carbocycles. The lowest BCUT2D eigenvalue weighted by atomic mass is 10.0. The van der Waals surface area contributed by atoms with Crippen molar-refractivity contribution in [2.24, 2.45) is 0 Å². The molecule has 0 saturated carbocycles. The molecule has 0 spiro atoms. The van der Waals surface area contributed by atoms with E-state index in [0.29, 0.717) is 31.6 Å². The summed E-state index contributed by atoms with van der Waals surface area (Å²) in [6.45, 7) is 1.89. The van der Waals surface area contributed by atoms with Crippen LogP contribution in [0.25, 0.3) is 10.9 Å². The molecule has 2 nitrogen and oxygen atoms in total. The second-order valence-electron chi connectivity index (χ2n) is 4.81. The third-order valence-corrected chi connectivity index (χ3v) is 4.30. The summed E-state index contributed by atoms with van der Waals surface area (Å²) in [5.41, 5.74) is 2.69. The normalized spacial score (nSPS) is 11.0. The van der Waals surface area contributed by atoms with Crippen molar-refractivity contribution < 1.29 is 4.79 Å². The number of halogens is 3. The molecule has 21 heavy (non-hydrogen) atoms. The second-order valence-corrected chi connectivity index (χ2v) is 6.06. The van der Waals surface area contributed by atoms with Crippen LogP contribution >= 0.6 is 34.8 Å². The maximum atomic E-state index is 12.7. The lowest BCUT2D eigenvalue weighted by Crippen LogP contribution is -2.00. The molecule has 0 amide bonds. The number of hydrogen-bond donors (Lipinski definition) is 1. The summed E-state index contributed by atoms with van der Waals surface area (Å²) < 4.78 is 0. The Balaban J connectivity index is 2.16. The largest absolute Gasteiger partial charge is 0.360 e. The number of aryl methyl sites for hydroxylation is 1. The van der Waals surface area contributed by atoms with E-state index in [1.807, 2.05) is 13.0 Å². The van der Waals surface area contributed by atoms with E-state index in [1.165, 1.54) is 0 Å². The van der Waals surface area contributed by atoms with Gasteiger partial charge < -0.3 is 4.98 Å². The molecule has 0 saturated heterocycles. The molecular formula is C16H10Cl3NO. The first-order valence-corrected chi connectivity index (χ1v) is 7.38. The predicted octanol–water partition coefficient (Wildman–Crippen LogP) is 5.67. The minimum atomic E-state index is -0.132. The van der Waals surface area contributed by atoms with Gasteiger partial charge in [-0.15, -0.1) is 0 Å². The number of aromatic amines is 1. The number of carbonyl (C=O) groups is 1. The number of nitrogens with one attached hydrogen (secondary N) is 1. The molecule has 1 N–H and O–H groups in total. The number of hydrogen-bond acceptors (Lipinski definition) is 1. The van der Waals surface area contributed by atoms with Gasteiger partial charge in [0.2, 0.25) is 0 Å². The maximum Gasteiger partial charge on any atom is 0.195 e. The van der Waals surface area contributed by atoms with Crippen LogP contribution in [-0.2, 0) is 0 Å². The third-order valence-electron chi connectivity index (χ3n) is 3.37. The monoisotopic (exact) mass is 337 g/mol. The Kier molecular flexibility index (Phi) is 3.70. The molecular weight excluding hydrogens is 329 g/mol. The average Bonchev–Trinajstić information content (AvgIpc) is 2.85. The van der Waals surface area contributed by atoms with E-state index >= 15 is 0 Å². The molecule has 0 unspecified atom stereocenters. The van der Waals surface area contributed by atoms with Crippen LogP contribution in [0.5, 0.6) is 0 Å². The average molecular weight is 339 g/mol. The minimum absolute atomic E-state index is 0.132. The summed E-state index contributed by atoms with van der Waals surface area (Å²) in [6.07, 6.45) is 1.64. The summed E-state index contributed by atoms with van der Waals surface area (Å²) in [6, 6.07) is 8.61. The molecule has 1 heterocycles. The molecule has 5 heteroatoms. The fourth-order valence-electron chi connectivity index (χ4n) is 2.25. The van der Waals surface area contributed by atoms with Crippen LogP contribution in [0.3, 0.4) is 0 Å². The first kappa shape index (κ1) is 14.5. The van der Waals surface area contributed by atoms with Gasteiger partial charge in [0, 0.05) is 38.3 Å². The van der Waals surface area contributed by atoms with Crippen molar-refractivity contribution >= 4 is 51.5 Å². The van der Waals surface area contributed by atoms with Gasteiger partial charge in [0.25, 0.3) is 0 Å². The van der Waals surface area contributed by atoms with Crippen molar-refractivity contribution in [1.29, 1.82) is 0 Å². The molecule has 0 aliphatic heterocycles. The molecule has 3 rings (SSSR count). The van der Waals surface area contributed by atoms with E-state index in [1.54, 1.807) is 30.5 Å². The zero-order valence-electron chi connectivity index (χ0n) is 11.0. The van der Waals surface area contributed by atoms with Crippen molar-refractivity contribution in [2.45, 2.75) is 6.92 Å². The van der Waals surface area contributed by atoms with Crippen LogP contribution < -0.4 is 0 Å². The van der Waals surface area contributed by atoms with Gasteiger partial charge in [-0.25, -0.2) is 0 Å². The number of rotatable bonds is 2. The standard InChI is InChI=1S/C16H10Cl3NO/c1-8-2-3-9(4-12(8)18)16(21)11-7-20-14-6-10(17)5-13(19)15(11)14/h2-7,20H,1H3. The molecule has 0 atom stereocenters. The summed E-state index contributed by atoms with van der Waals surface area (Å²) in [5.74, 6) is -0.132. The van der Waals surface area contributed by atoms with Crippen LogP contribution in [0.15, 0.2) is 36.5 Å². The maximum absolute atomic E-state index is 12.7. The van der Waals surface area contributed by atoms with E-state index < -0.39 is 0 Å². The molecule has 0 aliphatic rings. The summed E-state index contributed by atoms with van der Waals surface area (Å²) in [5, 5.41) is 2.20. The van der Waals surface area contributed by atoms with Crippen molar-refractivity contribution in [3.8, 4) is 0 Å². The SMILES string of the molecule is Cc1ccc(C(=O)c2c[nH]c3cc(Cl)cc(Cl)c23)cc1Cl. The van der Waals surface area contributed by atoms with Gasteiger partial charge in [-0.1, -0.05) is 46.9 Å². The van der Waals surface area contributed by atoms with Crippen LogP contribution in [0.4, 0.5) is 0 Å². The molecule has 0 fully saturated rings. The summed E-state index contributed by atoms with van der Waals surface area (Å²) >= 11 is 18.3. The first-order valence-electron chi connectivity index (χ1n) is 6.24. The molecule has 1 aromatic heterocycles. The lowest BCUT2D eigenvalue weighted by molar-refractivity contribution is 0.104. The van der Waals surface area contributed by atoms with E-state index in [4.69, 9.17) is 34.8 Å². The van der Waals surface area contributed by atoms with E-state index in [-0.39, 0.29) is 5.78 Å². The van der Waals surface area contributed by atoms with Crippen LogP contribution in [0.1, 0.15) is 21.5 Å². The van der Waals surface area contributed by atoms with Gasteiger partial charge in [-0.2, -0.15) is 0 Å². The zero-order valence-corrected chi connectivity index (χ0v) is 13.3. The highest BCUT2D eigenvalue weighted by atomic mass is 35.5. The third kappa shape index (κ3) is 2.55. The van der Waals surface area contributed by atoms with Crippen LogP contribution in [0.2, 0.25) is 15.1 Å². The Morgan fingerprint density at radius 1 is 1.05 bits per heavy atom. The van der Waals surface area contributed by atoms with Gasteiger partial charge in [0.1, 0.15) is 0 Å². The fraction of sp³-hybridized carbons (Fsp3) is 0.0625. The van der Waals surface area contributed by atoms with Crippen LogP contribution in [0, 0.1) is 6.92 Å². The predicted molar refractivity (Wildman–Crippen MR) is 87.9 cm³/mol. The van der Waals surface area contributed by atoms with Crippen LogP contribution in [-0.4, -0.2) is 10.8 Å². The van der Waals surface area contributed by atoms with Gasteiger partial charge in [-0.05, 0) is 30.7 Å². The van der Waals surface area contributed by atoms with E-state index in [2.05, 4.69) is 4.98 Å². The lowest BCUT2D eigenvalue weighted by Gasteiger charge is -2.04. The molecule has 0 aliphatic carbocycles. The Morgan fingerprint density at radius 3 is 2.52 bits per heavy atom. The zero-order chi connectivity index (χ0) is 15.1. The van der Waals surface area contributed by atoms with E-state index in [0.717, 1.165) is 11.1 Å². The number of ketones is 1. The van der Waals surface area contributed by atoms with Crippen molar-refractivity contribution in [1.82, 2.24) is 4.98 Å². The number of aromatic nitrogens is 1. The smallest absolute Gasteiger partial charge is 0.195 e. The summed E-state index contributed by atoms with van der Waals surface area (Å²) in [7, 11) is 0. The highest BCUT2D eigenvalue weighted by molar-refractivity contribution is 6.40. The Morgan fingerprint density at radius 2 is 1.81 bits per heavy atom. The number of fused-ring (bicyclic) bond motifs is 1. The molecule has 106 valence electrons. The van der Waals surface area contributed by atoms with Gasteiger partial charge in [0.15, 0.2) is 5.78 Å². The Hall–Kier alpha value is -1.48. The Labute approximate surface area is 136 Å². The van der Waals surface area contributed by atoms with E-state index in [9.17, 15) is 4.79 Å². The minimum Gasteiger partial charge on any atom is -0.360 e. The topological polar surface area (TPSA) is 32.9 Å². The molecule has 0 radical (unpaired) electrons. The van der Waals surface area contributed by atoms with Crippen molar-refractivity contribution in [2.75, 3.05) is 0 Å². The Bertz CT molecular complexity index is 867. The van der Waals surface area contributed by atoms with Gasteiger partial charge in [0.05, 0.1) is 5.02 Å². The number of carbonyl (C=O) groups excluding carboxylic acids is 1. The molecule has 0 bridgehead atoms. The highest BCUT2D eigenvalue weighted by Crippen LogP contribution is 2.32. The second kappa shape index (κ2) is 5.38. The first-order chi connectivity index (χ1) is 9.97. The number of H-pyrrole nitrogens is 1. The molecule has 3 aromatic rings. The van der Waals surface area contributed by atoms with Crippen molar-refractivity contribution in [3.05, 3.63) is 68.3 Å².